The molecule has 1 fully saturated rings. The number of rotatable bonds is 1. The fraction of sp³-hybridized carbons (Fsp3) is 0.417. The first kappa shape index (κ1) is 11.0. The zero-order valence-electron chi connectivity index (χ0n) is 9.40. The van der Waals surface area contributed by atoms with Gasteiger partial charge in [0.25, 0.3) is 5.91 Å². The fourth-order valence-corrected chi connectivity index (χ4v) is 1.82. The Kier molecular flexibility index (Phi) is 3.10. The van der Waals surface area contributed by atoms with E-state index >= 15 is 0 Å². The average Bonchev–Trinajstić information content (AvgIpc) is 2.33. The quantitative estimate of drug-likeness (QED) is 0.720. The molecule has 2 rings (SSSR count). The Balaban J connectivity index is 2.22. The van der Waals surface area contributed by atoms with Gasteiger partial charge < -0.3 is 15.4 Å². The Morgan fingerprint density at radius 2 is 2.06 bits per heavy atom. The Morgan fingerprint density at radius 3 is 2.75 bits per heavy atom. The van der Waals surface area contributed by atoms with Crippen LogP contribution in [0.4, 0.5) is 5.69 Å². The number of hydrogen-bond donors (Lipinski definition) is 1. The summed E-state index contributed by atoms with van der Waals surface area (Å²) in [5, 5.41) is 0. The molecule has 4 heteroatoms. The Labute approximate surface area is 95.0 Å². The molecule has 1 aromatic rings. The van der Waals surface area contributed by atoms with E-state index in [1.165, 1.54) is 0 Å². The molecule has 86 valence electrons. The highest BCUT2D eigenvalue weighted by molar-refractivity contribution is 5.96. The van der Waals surface area contributed by atoms with Gasteiger partial charge in [-0.15, -0.1) is 0 Å². The largest absolute Gasteiger partial charge is 0.398 e. The molecule has 0 aromatic heterocycles. The molecule has 1 saturated heterocycles. The topological polar surface area (TPSA) is 55.6 Å². The maximum Gasteiger partial charge on any atom is 0.254 e. The van der Waals surface area contributed by atoms with E-state index in [4.69, 9.17) is 10.5 Å². The van der Waals surface area contributed by atoms with Crippen LogP contribution < -0.4 is 5.73 Å². The van der Waals surface area contributed by atoms with Crippen molar-refractivity contribution in [3.8, 4) is 0 Å². The third kappa shape index (κ3) is 2.02. The molecule has 0 spiro atoms. The smallest absolute Gasteiger partial charge is 0.254 e. The molecule has 1 aliphatic heterocycles. The number of anilines is 1. The first-order chi connectivity index (χ1) is 7.70. The van der Waals surface area contributed by atoms with E-state index in [1.54, 1.807) is 0 Å². The standard InChI is InChI=1S/C12H16N2O2/c1-9-10(3-2-4-11(9)13)12(15)14-5-7-16-8-6-14/h2-4H,5-8,13H2,1H3. The summed E-state index contributed by atoms with van der Waals surface area (Å²) in [7, 11) is 0. The zero-order valence-corrected chi connectivity index (χ0v) is 9.40. The van der Waals surface area contributed by atoms with Crippen LogP contribution in [0, 0.1) is 6.92 Å². The van der Waals surface area contributed by atoms with Crippen LogP contribution in [0.1, 0.15) is 15.9 Å². The van der Waals surface area contributed by atoms with Gasteiger partial charge in [0.05, 0.1) is 13.2 Å². The van der Waals surface area contributed by atoms with Crippen molar-refractivity contribution < 1.29 is 9.53 Å². The average molecular weight is 220 g/mol. The molecular formula is C12H16N2O2. The first-order valence-corrected chi connectivity index (χ1v) is 5.42. The van der Waals surface area contributed by atoms with Gasteiger partial charge in [0.1, 0.15) is 0 Å². The predicted molar refractivity (Wildman–Crippen MR) is 62.3 cm³/mol. The van der Waals surface area contributed by atoms with Crippen molar-refractivity contribution in [2.45, 2.75) is 6.92 Å². The molecule has 0 radical (unpaired) electrons. The molecule has 1 aliphatic rings. The van der Waals surface area contributed by atoms with E-state index in [0.717, 1.165) is 5.56 Å². The van der Waals surface area contributed by atoms with Crippen LogP contribution in [0.2, 0.25) is 0 Å². The van der Waals surface area contributed by atoms with Gasteiger partial charge in [-0.05, 0) is 24.6 Å². The molecule has 1 aromatic carbocycles. The number of hydrogen-bond acceptors (Lipinski definition) is 3. The summed E-state index contributed by atoms with van der Waals surface area (Å²) >= 11 is 0. The van der Waals surface area contributed by atoms with Gasteiger partial charge in [0, 0.05) is 24.3 Å². The third-order valence-corrected chi connectivity index (χ3v) is 2.90. The minimum atomic E-state index is 0.0492. The number of benzene rings is 1. The number of nitrogens with two attached hydrogens (primary N) is 1. The molecule has 16 heavy (non-hydrogen) atoms. The van der Waals surface area contributed by atoms with Gasteiger partial charge in [-0.25, -0.2) is 0 Å². The maximum absolute atomic E-state index is 12.2. The summed E-state index contributed by atoms with van der Waals surface area (Å²) in [6, 6.07) is 5.45. The van der Waals surface area contributed by atoms with Crippen molar-refractivity contribution >= 4 is 11.6 Å². The first-order valence-electron chi connectivity index (χ1n) is 5.42. The van der Waals surface area contributed by atoms with Gasteiger partial charge in [-0.2, -0.15) is 0 Å². The van der Waals surface area contributed by atoms with Crippen LogP contribution in [0.15, 0.2) is 18.2 Å². The number of morpholine rings is 1. The minimum Gasteiger partial charge on any atom is -0.398 e. The van der Waals surface area contributed by atoms with Crippen molar-refractivity contribution in [1.82, 2.24) is 4.90 Å². The molecule has 0 saturated carbocycles. The molecular weight excluding hydrogens is 204 g/mol. The summed E-state index contributed by atoms with van der Waals surface area (Å²) in [5.41, 5.74) is 8.01. The number of carbonyl (C=O) groups is 1. The lowest BCUT2D eigenvalue weighted by atomic mass is 10.1. The third-order valence-electron chi connectivity index (χ3n) is 2.90. The van der Waals surface area contributed by atoms with E-state index in [2.05, 4.69) is 0 Å². The van der Waals surface area contributed by atoms with Crippen LogP contribution in [-0.4, -0.2) is 37.1 Å². The predicted octanol–water partition coefficient (Wildman–Crippen LogP) is 1.05. The zero-order chi connectivity index (χ0) is 11.5. The molecule has 2 N–H and O–H groups in total. The van der Waals surface area contributed by atoms with Crippen LogP contribution in [0.25, 0.3) is 0 Å². The van der Waals surface area contributed by atoms with Gasteiger partial charge in [0.15, 0.2) is 0 Å². The van der Waals surface area contributed by atoms with Crippen LogP contribution in [0.5, 0.6) is 0 Å². The van der Waals surface area contributed by atoms with Gasteiger partial charge in [0.2, 0.25) is 0 Å². The number of nitrogens with zero attached hydrogens (tertiary/aromatic N) is 1. The number of carbonyl (C=O) groups excluding carboxylic acids is 1. The highest BCUT2D eigenvalue weighted by Gasteiger charge is 2.20. The van der Waals surface area contributed by atoms with Gasteiger partial charge in [-0.1, -0.05) is 6.07 Å². The normalized spacial score (nSPS) is 16.2. The SMILES string of the molecule is Cc1c(N)cccc1C(=O)N1CCOCC1. The highest BCUT2D eigenvalue weighted by atomic mass is 16.5. The Morgan fingerprint density at radius 1 is 1.38 bits per heavy atom. The maximum atomic E-state index is 12.2. The molecule has 1 heterocycles. The lowest BCUT2D eigenvalue weighted by Crippen LogP contribution is -2.41. The molecule has 4 nitrogen and oxygen atoms in total. The monoisotopic (exact) mass is 220 g/mol. The van der Waals surface area contributed by atoms with Gasteiger partial charge >= 0.3 is 0 Å². The van der Waals surface area contributed by atoms with Crippen molar-refractivity contribution in [2.75, 3.05) is 32.0 Å². The van der Waals surface area contributed by atoms with Crippen molar-refractivity contribution in [2.24, 2.45) is 0 Å². The molecule has 0 aliphatic carbocycles. The van der Waals surface area contributed by atoms with E-state index in [-0.39, 0.29) is 5.91 Å². The van der Waals surface area contributed by atoms with Crippen LogP contribution in [0.3, 0.4) is 0 Å². The summed E-state index contributed by atoms with van der Waals surface area (Å²) in [5.74, 6) is 0.0492. The van der Waals surface area contributed by atoms with E-state index in [9.17, 15) is 4.79 Å². The van der Waals surface area contributed by atoms with E-state index in [1.807, 2.05) is 30.0 Å². The molecule has 0 atom stereocenters. The second-order valence-corrected chi connectivity index (χ2v) is 3.92. The number of ether oxygens (including phenoxy) is 1. The minimum absolute atomic E-state index is 0.0492. The van der Waals surface area contributed by atoms with Crippen molar-refractivity contribution in [3.05, 3.63) is 29.3 Å². The Hall–Kier alpha value is -1.55. The lowest BCUT2D eigenvalue weighted by Gasteiger charge is -2.27. The van der Waals surface area contributed by atoms with Crippen LogP contribution >= 0.6 is 0 Å². The van der Waals surface area contributed by atoms with Crippen molar-refractivity contribution in [3.63, 3.8) is 0 Å². The number of amides is 1. The summed E-state index contributed by atoms with van der Waals surface area (Å²) in [6.45, 7) is 4.43. The molecule has 0 unspecified atom stereocenters. The number of nitrogen functional groups attached to an aromatic ring is 1. The second-order valence-electron chi connectivity index (χ2n) is 3.92. The van der Waals surface area contributed by atoms with Gasteiger partial charge in [-0.3, -0.25) is 4.79 Å². The lowest BCUT2D eigenvalue weighted by molar-refractivity contribution is 0.0302. The molecule has 1 amide bonds. The summed E-state index contributed by atoms with van der Waals surface area (Å²) in [6.07, 6.45) is 0. The highest BCUT2D eigenvalue weighted by Crippen LogP contribution is 2.17. The second kappa shape index (κ2) is 4.53. The van der Waals surface area contributed by atoms with Crippen LogP contribution in [-0.2, 0) is 4.74 Å². The summed E-state index contributed by atoms with van der Waals surface area (Å²) < 4.78 is 5.22. The Bertz CT molecular complexity index is 398. The summed E-state index contributed by atoms with van der Waals surface area (Å²) in [4.78, 5) is 14.0. The fourth-order valence-electron chi connectivity index (χ4n) is 1.82. The van der Waals surface area contributed by atoms with E-state index in [0.29, 0.717) is 37.6 Å². The van der Waals surface area contributed by atoms with Crippen molar-refractivity contribution in [1.29, 1.82) is 0 Å². The molecule has 0 bridgehead atoms. The van der Waals surface area contributed by atoms with E-state index < -0.39 is 0 Å².